The molecule has 0 aromatic heterocycles. The summed E-state index contributed by atoms with van der Waals surface area (Å²) in [6, 6.07) is 16.6. The molecule has 1 saturated heterocycles. The van der Waals surface area contributed by atoms with Crippen molar-refractivity contribution in [2.75, 3.05) is 6.61 Å². The smallest absolute Gasteiger partial charge is 0.199 e. The number of benzene rings is 2. The van der Waals surface area contributed by atoms with Gasteiger partial charge < -0.3 is 14.2 Å². The van der Waals surface area contributed by atoms with E-state index in [1.54, 1.807) is 0 Å². The van der Waals surface area contributed by atoms with Gasteiger partial charge in [0.2, 0.25) is 0 Å². The van der Waals surface area contributed by atoms with Gasteiger partial charge in [0.15, 0.2) is 6.29 Å². The Morgan fingerprint density at radius 2 is 1.67 bits per heavy atom. The Morgan fingerprint density at radius 3 is 2.26 bits per heavy atom. The zero-order chi connectivity index (χ0) is 19.3. The molecule has 0 saturated carbocycles. The van der Waals surface area contributed by atoms with Gasteiger partial charge in [-0.3, -0.25) is 0 Å². The lowest BCUT2D eigenvalue weighted by Gasteiger charge is -2.28. The van der Waals surface area contributed by atoms with E-state index in [-0.39, 0.29) is 6.29 Å². The number of ether oxygens (including phenoxy) is 3. The fourth-order valence-corrected chi connectivity index (χ4v) is 3.34. The van der Waals surface area contributed by atoms with Gasteiger partial charge in [0, 0.05) is 6.42 Å². The van der Waals surface area contributed by atoms with Gasteiger partial charge in [-0.25, -0.2) is 0 Å². The Balaban J connectivity index is 1.63. The minimum absolute atomic E-state index is 0.113. The van der Waals surface area contributed by atoms with Crippen molar-refractivity contribution in [3.8, 4) is 11.5 Å². The minimum atomic E-state index is -0.419. The molecule has 1 aliphatic rings. The molecule has 1 aliphatic heterocycles. The molecule has 1 heterocycles. The van der Waals surface area contributed by atoms with E-state index in [2.05, 4.69) is 64.1 Å². The zero-order valence-corrected chi connectivity index (χ0v) is 17.0. The van der Waals surface area contributed by atoms with Crippen molar-refractivity contribution in [2.24, 2.45) is 0 Å². The van der Waals surface area contributed by atoms with Crippen LogP contribution in [-0.4, -0.2) is 12.9 Å². The summed E-state index contributed by atoms with van der Waals surface area (Å²) in [5.41, 5.74) is 2.05. The predicted molar refractivity (Wildman–Crippen MR) is 109 cm³/mol. The lowest BCUT2D eigenvalue weighted by molar-refractivity contribution is -0.105. The molecule has 146 valence electrons. The van der Waals surface area contributed by atoms with Crippen molar-refractivity contribution >= 4 is 0 Å². The van der Waals surface area contributed by atoms with Crippen LogP contribution in [0, 0.1) is 0 Å². The maximum Gasteiger partial charge on any atom is 0.199 e. The molecular formula is C24H32O3. The first-order valence-corrected chi connectivity index (χ1v) is 10.2. The van der Waals surface area contributed by atoms with Crippen LogP contribution in [-0.2, 0) is 10.3 Å². The van der Waals surface area contributed by atoms with E-state index < -0.39 is 5.60 Å². The summed E-state index contributed by atoms with van der Waals surface area (Å²) in [5.74, 6) is 2.31. The third kappa shape index (κ3) is 5.26. The average Bonchev–Trinajstić information content (AvgIpc) is 2.69. The van der Waals surface area contributed by atoms with Gasteiger partial charge in [-0.05, 0) is 74.4 Å². The molecule has 27 heavy (non-hydrogen) atoms. The minimum Gasteiger partial charge on any atom is -0.483 e. The number of rotatable bonds is 7. The SMILES string of the molecule is CCC(C)c1ccc(OC(C)(C)c2ccc(OC3CCCCO3)cc2)cc1. The van der Waals surface area contributed by atoms with Gasteiger partial charge in [-0.15, -0.1) is 0 Å². The molecule has 0 bridgehead atoms. The summed E-state index contributed by atoms with van der Waals surface area (Å²) in [4.78, 5) is 0. The predicted octanol–water partition coefficient (Wildman–Crippen LogP) is 6.42. The monoisotopic (exact) mass is 368 g/mol. The molecular weight excluding hydrogens is 336 g/mol. The molecule has 0 radical (unpaired) electrons. The second-order valence-corrected chi connectivity index (χ2v) is 7.93. The standard InChI is InChI=1S/C24H32O3/c1-5-18(2)19-9-13-22(14-10-19)27-24(3,4)20-11-15-21(16-12-20)26-23-8-6-7-17-25-23/h9-16,18,23H,5-8,17H2,1-4H3. The van der Waals surface area contributed by atoms with Crippen LogP contribution < -0.4 is 9.47 Å². The van der Waals surface area contributed by atoms with Crippen LogP contribution in [0.25, 0.3) is 0 Å². The van der Waals surface area contributed by atoms with Crippen molar-refractivity contribution in [1.82, 2.24) is 0 Å². The first kappa shape index (κ1) is 19.8. The molecule has 2 atom stereocenters. The highest BCUT2D eigenvalue weighted by Gasteiger charge is 2.23. The van der Waals surface area contributed by atoms with Gasteiger partial charge in [-0.1, -0.05) is 38.1 Å². The Labute approximate surface area is 163 Å². The van der Waals surface area contributed by atoms with Crippen LogP contribution in [0.3, 0.4) is 0 Å². The average molecular weight is 369 g/mol. The fraction of sp³-hybridized carbons (Fsp3) is 0.500. The zero-order valence-electron chi connectivity index (χ0n) is 17.0. The van der Waals surface area contributed by atoms with E-state index in [1.165, 1.54) is 12.0 Å². The normalized spacial score (nSPS) is 18.7. The molecule has 0 aliphatic carbocycles. The largest absolute Gasteiger partial charge is 0.483 e. The molecule has 2 unspecified atom stereocenters. The summed E-state index contributed by atoms with van der Waals surface area (Å²) in [7, 11) is 0. The Bertz CT molecular complexity index is 697. The molecule has 1 fully saturated rings. The van der Waals surface area contributed by atoms with Crippen molar-refractivity contribution in [3.05, 3.63) is 59.7 Å². The van der Waals surface area contributed by atoms with Crippen molar-refractivity contribution < 1.29 is 14.2 Å². The van der Waals surface area contributed by atoms with Crippen LogP contribution in [0.4, 0.5) is 0 Å². The third-order valence-electron chi connectivity index (χ3n) is 5.39. The Morgan fingerprint density at radius 1 is 1.00 bits per heavy atom. The summed E-state index contributed by atoms with van der Waals surface area (Å²) in [6.07, 6.45) is 4.29. The highest BCUT2D eigenvalue weighted by atomic mass is 16.7. The van der Waals surface area contributed by atoms with Crippen LogP contribution in [0.5, 0.6) is 11.5 Å². The van der Waals surface area contributed by atoms with Crippen LogP contribution in [0.15, 0.2) is 48.5 Å². The molecule has 2 aromatic rings. The first-order chi connectivity index (χ1) is 13.0. The molecule has 3 nitrogen and oxygen atoms in total. The summed E-state index contributed by atoms with van der Waals surface area (Å²) < 4.78 is 17.9. The quantitative estimate of drug-likeness (QED) is 0.564. The summed E-state index contributed by atoms with van der Waals surface area (Å²) >= 11 is 0. The van der Waals surface area contributed by atoms with Gasteiger partial charge >= 0.3 is 0 Å². The second kappa shape index (κ2) is 8.79. The van der Waals surface area contributed by atoms with E-state index in [4.69, 9.17) is 14.2 Å². The van der Waals surface area contributed by atoms with Crippen LogP contribution in [0.1, 0.15) is 70.4 Å². The third-order valence-corrected chi connectivity index (χ3v) is 5.39. The highest BCUT2D eigenvalue weighted by molar-refractivity contribution is 5.33. The van der Waals surface area contributed by atoms with Crippen molar-refractivity contribution in [1.29, 1.82) is 0 Å². The van der Waals surface area contributed by atoms with Crippen molar-refractivity contribution in [2.45, 2.75) is 71.2 Å². The van der Waals surface area contributed by atoms with Gasteiger partial charge in [0.1, 0.15) is 17.1 Å². The lowest BCUT2D eigenvalue weighted by atomic mass is 9.97. The second-order valence-electron chi connectivity index (χ2n) is 7.93. The van der Waals surface area contributed by atoms with E-state index >= 15 is 0 Å². The molecule has 0 N–H and O–H groups in total. The van der Waals surface area contributed by atoms with E-state index in [1.807, 2.05) is 12.1 Å². The fourth-order valence-electron chi connectivity index (χ4n) is 3.34. The Kier molecular flexibility index (Phi) is 6.43. The van der Waals surface area contributed by atoms with Crippen LogP contribution >= 0.6 is 0 Å². The number of hydrogen-bond donors (Lipinski definition) is 0. The molecule has 0 spiro atoms. The molecule has 0 amide bonds. The maximum absolute atomic E-state index is 6.28. The molecule has 2 aromatic carbocycles. The van der Waals surface area contributed by atoms with Crippen LogP contribution in [0.2, 0.25) is 0 Å². The van der Waals surface area contributed by atoms with E-state index in [0.29, 0.717) is 5.92 Å². The van der Waals surface area contributed by atoms with Gasteiger partial charge in [-0.2, -0.15) is 0 Å². The highest BCUT2D eigenvalue weighted by Crippen LogP contribution is 2.30. The molecule has 3 heteroatoms. The van der Waals surface area contributed by atoms with Gasteiger partial charge in [0.25, 0.3) is 0 Å². The van der Waals surface area contributed by atoms with E-state index in [0.717, 1.165) is 42.9 Å². The van der Waals surface area contributed by atoms with Gasteiger partial charge in [0.05, 0.1) is 6.61 Å². The number of hydrogen-bond acceptors (Lipinski definition) is 3. The van der Waals surface area contributed by atoms with E-state index in [9.17, 15) is 0 Å². The molecule has 3 rings (SSSR count). The summed E-state index contributed by atoms with van der Waals surface area (Å²) in [6.45, 7) is 9.44. The lowest BCUT2D eigenvalue weighted by Crippen LogP contribution is -2.26. The maximum atomic E-state index is 6.28. The Hall–Kier alpha value is -2.00. The topological polar surface area (TPSA) is 27.7 Å². The summed E-state index contributed by atoms with van der Waals surface area (Å²) in [5, 5.41) is 0. The first-order valence-electron chi connectivity index (χ1n) is 10.2. The van der Waals surface area contributed by atoms with Crippen molar-refractivity contribution in [3.63, 3.8) is 0 Å².